The Hall–Kier alpha value is -5.23. The number of carbonyl (C=O) groups is 2. The van der Waals surface area contributed by atoms with E-state index in [0.29, 0.717) is 125 Å². The molecule has 308 valence electrons. The summed E-state index contributed by atoms with van der Waals surface area (Å²) in [6.07, 6.45) is 6.70. The minimum Gasteiger partial charge on any atom is -0.378 e. The van der Waals surface area contributed by atoms with E-state index in [0.717, 1.165) is 16.5 Å². The number of carbonyl (C=O) groups excluding carboxylic acids is 2. The molecule has 0 unspecified atom stereocenters. The number of fused-ring (bicyclic) bond motifs is 1. The summed E-state index contributed by atoms with van der Waals surface area (Å²) in [7, 11) is 1.95. The van der Waals surface area contributed by atoms with Crippen molar-refractivity contribution in [2.24, 2.45) is 5.73 Å². The molecule has 0 saturated heterocycles. The Morgan fingerprint density at radius 3 is 2.16 bits per heavy atom. The van der Waals surface area contributed by atoms with Gasteiger partial charge in [-0.3, -0.25) is 9.59 Å². The van der Waals surface area contributed by atoms with Gasteiger partial charge in [-0.1, -0.05) is 41.9 Å². The number of aromatic amines is 1. The molecule has 0 aliphatic heterocycles. The highest BCUT2D eigenvalue weighted by Gasteiger charge is 2.14. The molecule has 0 atom stereocenters. The quantitative estimate of drug-likeness (QED) is 0.0337. The number of H-pyrrole nitrogens is 1. The first-order valence-corrected chi connectivity index (χ1v) is 19.4. The van der Waals surface area contributed by atoms with Crippen molar-refractivity contribution < 1.29 is 33.3 Å². The predicted octanol–water partition coefficient (Wildman–Crippen LogP) is 5.74. The minimum absolute atomic E-state index is 0.272. The number of likely N-dealkylation sites (N-methyl/N-ethyl adjacent to an activating group) is 1. The average molecular weight is 815 g/mol. The van der Waals surface area contributed by atoms with Crippen LogP contribution < -0.4 is 21.7 Å². The van der Waals surface area contributed by atoms with Gasteiger partial charge < -0.3 is 55.3 Å². The average Bonchev–Trinajstić information content (AvgIpc) is 3.66. The number of para-hydroxylation sites is 1. The van der Waals surface area contributed by atoms with Crippen molar-refractivity contribution in [2.75, 3.05) is 109 Å². The van der Waals surface area contributed by atoms with Gasteiger partial charge in [0.25, 0.3) is 5.91 Å². The highest BCUT2D eigenvalue weighted by Crippen LogP contribution is 2.33. The van der Waals surface area contributed by atoms with Gasteiger partial charge in [0.05, 0.1) is 83.0 Å². The summed E-state index contributed by atoms with van der Waals surface area (Å²) in [5.41, 5.74) is 10.0. The topological polar surface area (TPSA) is 187 Å². The summed E-state index contributed by atoms with van der Waals surface area (Å²) in [4.78, 5) is 39.9. The van der Waals surface area contributed by atoms with Crippen molar-refractivity contribution in [1.29, 1.82) is 0 Å². The van der Waals surface area contributed by atoms with E-state index < -0.39 is 0 Å². The highest BCUT2D eigenvalue weighted by molar-refractivity contribution is 6.33. The second-order valence-electron chi connectivity index (χ2n) is 12.9. The molecule has 0 bridgehead atoms. The number of hydrogen-bond acceptors (Lipinski definition) is 12. The lowest BCUT2D eigenvalue weighted by atomic mass is 10.1. The number of nitrogens with two attached hydrogens (primary N) is 1. The molecule has 3 aromatic carbocycles. The number of ether oxygens (including phenoxy) is 5. The fraction of sp³-hybridized carbons (Fsp3) is 0.333. The molecule has 0 aliphatic carbocycles. The standard InChI is InChI=1S/C42H51ClN8O7/c1-51(17-19-55-21-23-57-25-27-58-26-24-56-22-20-54-18-15-44)16-5-10-39(52)47-32-13-11-31(12-14-32)41(53)48-33-6-4-7-34(28-33)49-42-46-30-37(43)40(50-42)36-29-45-38-9-3-2-8-35(36)38/h2-14,28-30,45H,15-27,44H2,1H3,(H,47,52)(H,48,53)(H,46,49,50)/b10-5+. The van der Waals surface area contributed by atoms with E-state index in [1.807, 2.05) is 54.5 Å². The Bertz CT molecular complexity index is 2050. The minimum atomic E-state index is -0.303. The lowest BCUT2D eigenvalue weighted by Crippen LogP contribution is -2.24. The molecule has 2 aromatic heterocycles. The molecule has 58 heavy (non-hydrogen) atoms. The van der Waals surface area contributed by atoms with Gasteiger partial charge in [0.2, 0.25) is 11.9 Å². The fourth-order valence-corrected chi connectivity index (χ4v) is 5.69. The van der Waals surface area contributed by atoms with Gasteiger partial charge in [-0.2, -0.15) is 0 Å². The Kier molecular flexibility index (Phi) is 18.6. The number of nitrogens with one attached hydrogen (secondary N) is 4. The van der Waals surface area contributed by atoms with E-state index in [-0.39, 0.29) is 11.8 Å². The first-order valence-electron chi connectivity index (χ1n) is 19.0. The maximum Gasteiger partial charge on any atom is 0.255 e. The zero-order chi connectivity index (χ0) is 40.8. The van der Waals surface area contributed by atoms with Crippen molar-refractivity contribution in [3.8, 4) is 11.3 Å². The number of nitrogens with zero attached hydrogens (tertiary/aromatic N) is 3. The Morgan fingerprint density at radius 2 is 1.45 bits per heavy atom. The number of rotatable bonds is 26. The monoisotopic (exact) mass is 814 g/mol. The van der Waals surface area contributed by atoms with E-state index in [1.54, 1.807) is 48.7 Å². The lowest BCUT2D eigenvalue weighted by molar-refractivity contribution is -0.111. The van der Waals surface area contributed by atoms with Crippen LogP contribution in [0.4, 0.5) is 23.0 Å². The van der Waals surface area contributed by atoms with E-state index >= 15 is 0 Å². The van der Waals surface area contributed by atoms with Crippen LogP contribution in [-0.4, -0.2) is 124 Å². The number of halogens is 1. The van der Waals surface area contributed by atoms with Crippen molar-refractivity contribution in [3.63, 3.8) is 0 Å². The molecule has 2 heterocycles. The van der Waals surface area contributed by atoms with Crippen LogP contribution in [-0.2, 0) is 28.5 Å². The molecule has 0 radical (unpaired) electrons. The van der Waals surface area contributed by atoms with Crippen molar-refractivity contribution in [2.45, 2.75) is 0 Å². The number of amides is 2. The van der Waals surface area contributed by atoms with Gasteiger partial charge in [0.1, 0.15) is 0 Å². The third-order valence-corrected chi connectivity index (χ3v) is 8.71. The SMILES string of the molecule is CN(C/C=C/C(=O)Nc1ccc(C(=O)Nc2cccc(Nc3ncc(Cl)c(-c4c[nH]c5ccccc45)n3)c2)cc1)CCOCCOCCOCCOCCOCCN. The van der Waals surface area contributed by atoms with Crippen LogP contribution >= 0.6 is 11.6 Å². The van der Waals surface area contributed by atoms with E-state index in [9.17, 15) is 9.59 Å². The van der Waals surface area contributed by atoms with E-state index in [1.165, 1.54) is 6.08 Å². The molecule has 5 rings (SSSR count). The number of anilines is 4. The molecule has 2 amide bonds. The molecule has 5 aromatic rings. The predicted molar refractivity (Wildman–Crippen MR) is 227 cm³/mol. The third kappa shape index (κ3) is 14.9. The number of benzene rings is 3. The zero-order valence-electron chi connectivity index (χ0n) is 32.6. The van der Waals surface area contributed by atoms with Gasteiger partial charge in [-0.15, -0.1) is 0 Å². The summed E-state index contributed by atoms with van der Waals surface area (Å²) >= 11 is 6.49. The van der Waals surface area contributed by atoms with Gasteiger partial charge in [-0.25, -0.2) is 9.97 Å². The molecule has 0 spiro atoms. The van der Waals surface area contributed by atoms with E-state index in [4.69, 9.17) is 41.0 Å². The number of hydrogen-bond donors (Lipinski definition) is 5. The summed E-state index contributed by atoms with van der Waals surface area (Å²) in [6, 6.07) is 21.8. The Balaban J connectivity index is 0.948. The molecule has 0 aliphatic rings. The van der Waals surface area contributed by atoms with Crippen molar-refractivity contribution in [3.05, 3.63) is 108 Å². The van der Waals surface area contributed by atoms with Gasteiger partial charge >= 0.3 is 0 Å². The molecule has 15 nitrogen and oxygen atoms in total. The van der Waals surface area contributed by atoms with Crippen LogP contribution in [0.1, 0.15) is 10.4 Å². The van der Waals surface area contributed by atoms with Crippen LogP contribution in [0.3, 0.4) is 0 Å². The maximum absolute atomic E-state index is 13.1. The zero-order valence-corrected chi connectivity index (χ0v) is 33.3. The molecular weight excluding hydrogens is 764 g/mol. The molecular formula is C42H51ClN8O7. The third-order valence-electron chi connectivity index (χ3n) is 8.43. The number of aromatic nitrogens is 3. The normalized spacial score (nSPS) is 11.4. The molecule has 0 saturated carbocycles. The lowest BCUT2D eigenvalue weighted by Gasteiger charge is -2.14. The van der Waals surface area contributed by atoms with Gasteiger partial charge in [-0.05, 0) is 55.6 Å². The second-order valence-corrected chi connectivity index (χ2v) is 13.3. The smallest absolute Gasteiger partial charge is 0.255 e. The van der Waals surface area contributed by atoms with Crippen LogP contribution in [0.2, 0.25) is 5.02 Å². The molecule has 6 N–H and O–H groups in total. The van der Waals surface area contributed by atoms with Crippen molar-refractivity contribution >= 4 is 57.3 Å². The van der Waals surface area contributed by atoms with Crippen LogP contribution in [0, 0.1) is 0 Å². The van der Waals surface area contributed by atoms with Crippen molar-refractivity contribution in [1.82, 2.24) is 19.9 Å². The summed E-state index contributed by atoms with van der Waals surface area (Å²) in [6.45, 7) is 6.87. The van der Waals surface area contributed by atoms with Gasteiger partial charge in [0.15, 0.2) is 0 Å². The molecule has 0 fully saturated rings. The highest BCUT2D eigenvalue weighted by atomic mass is 35.5. The van der Waals surface area contributed by atoms with Gasteiger partial charge in [0, 0.05) is 71.0 Å². The van der Waals surface area contributed by atoms with Crippen LogP contribution in [0.5, 0.6) is 0 Å². The summed E-state index contributed by atoms with van der Waals surface area (Å²) in [5, 5.41) is 10.4. The fourth-order valence-electron chi connectivity index (χ4n) is 5.50. The first kappa shape index (κ1) is 43.9. The summed E-state index contributed by atoms with van der Waals surface area (Å²) < 4.78 is 27.2. The summed E-state index contributed by atoms with van der Waals surface area (Å²) in [5.74, 6) is -0.219. The molecule has 16 heteroatoms. The Morgan fingerprint density at radius 1 is 0.793 bits per heavy atom. The maximum atomic E-state index is 13.1. The van der Waals surface area contributed by atoms with Crippen LogP contribution in [0.15, 0.2) is 97.3 Å². The Labute approximate surface area is 343 Å². The van der Waals surface area contributed by atoms with Crippen LogP contribution in [0.25, 0.3) is 22.2 Å². The first-order chi connectivity index (χ1) is 28.4. The van der Waals surface area contributed by atoms with E-state index in [2.05, 4.69) is 30.9 Å². The largest absolute Gasteiger partial charge is 0.378 e. The second kappa shape index (κ2) is 24.5.